The van der Waals surface area contributed by atoms with Crippen molar-refractivity contribution < 1.29 is 56.9 Å². The molecular formula is C24H43NaO6S. The second-order valence-electron chi connectivity index (χ2n) is 8.40. The zero-order valence-electron chi connectivity index (χ0n) is 20.4. The molecule has 0 amide bonds. The van der Waals surface area contributed by atoms with Crippen LogP contribution in [0.5, 0.6) is 0 Å². The summed E-state index contributed by atoms with van der Waals surface area (Å²) in [5, 5.41) is -1.04. The van der Waals surface area contributed by atoms with Crippen molar-refractivity contribution in [2.75, 3.05) is 6.61 Å². The number of carbonyl (C=O) groups excluding carboxylic acids is 2. The van der Waals surface area contributed by atoms with Crippen LogP contribution in [-0.4, -0.2) is 37.1 Å². The third-order valence-electron chi connectivity index (χ3n) is 5.58. The molecule has 0 fully saturated rings. The Bertz CT molecular complexity index is 591. The van der Waals surface area contributed by atoms with Crippen LogP contribution in [0, 0.1) is 0 Å². The number of aldehydes is 1. The Morgan fingerprint density at radius 3 is 1.72 bits per heavy atom. The Hall–Kier alpha value is -0.210. The maximum atomic E-state index is 11.6. The van der Waals surface area contributed by atoms with Crippen molar-refractivity contribution in [3.63, 3.8) is 0 Å². The van der Waals surface area contributed by atoms with Crippen LogP contribution in [-0.2, 0) is 24.4 Å². The molecule has 0 heterocycles. The van der Waals surface area contributed by atoms with E-state index in [0.29, 0.717) is 12.7 Å². The molecule has 0 saturated carbocycles. The monoisotopic (exact) mass is 482 g/mol. The molecule has 0 rings (SSSR count). The van der Waals surface area contributed by atoms with Crippen molar-refractivity contribution in [3.05, 3.63) is 12.2 Å². The number of esters is 1. The van der Waals surface area contributed by atoms with Crippen molar-refractivity contribution in [2.24, 2.45) is 0 Å². The Balaban J connectivity index is 0. The zero-order valence-corrected chi connectivity index (χ0v) is 23.3. The molecule has 0 aromatic heterocycles. The second kappa shape index (κ2) is 22.6. The van der Waals surface area contributed by atoms with E-state index >= 15 is 0 Å². The molecule has 182 valence electrons. The summed E-state index contributed by atoms with van der Waals surface area (Å²) in [4.78, 5) is 21.9. The fourth-order valence-corrected chi connectivity index (χ4v) is 4.41. The van der Waals surface area contributed by atoms with Gasteiger partial charge in [0.1, 0.15) is 6.29 Å². The first-order valence-corrected chi connectivity index (χ1v) is 13.5. The molecule has 0 radical (unpaired) electrons. The van der Waals surface area contributed by atoms with Crippen molar-refractivity contribution >= 4 is 22.4 Å². The summed E-state index contributed by atoms with van der Waals surface area (Å²) in [6, 6.07) is 0. The molecule has 0 aromatic carbocycles. The van der Waals surface area contributed by atoms with Gasteiger partial charge in [0, 0.05) is 12.0 Å². The summed E-state index contributed by atoms with van der Waals surface area (Å²) in [6.45, 7) is 5.50. The van der Waals surface area contributed by atoms with Gasteiger partial charge >= 0.3 is 35.5 Å². The number of carbonyl (C=O) groups is 2. The van der Waals surface area contributed by atoms with E-state index in [9.17, 15) is 22.6 Å². The van der Waals surface area contributed by atoms with Gasteiger partial charge in [0.15, 0.2) is 0 Å². The van der Waals surface area contributed by atoms with E-state index in [-0.39, 0.29) is 61.0 Å². The SMILES string of the molecule is C=C(CC=O)C(=O)OCCC(CCCCCCCCCCCCCCCC)S(=O)(=O)[O-].[Na+]. The van der Waals surface area contributed by atoms with E-state index < -0.39 is 21.3 Å². The standard InChI is InChI=1S/C24H44O6S.Na/c1-3-4-5-6-7-8-9-10-11-12-13-14-15-16-17-23(31(27,28)29)19-21-30-24(26)22(2)18-20-25;/h20,23H,2-19,21H2,1H3,(H,27,28,29);/q;+1/p-1. The van der Waals surface area contributed by atoms with Crippen LogP contribution in [0.2, 0.25) is 0 Å². The number of unbranched alkanes of at least 4 members (excludes halogenated alkanes) is 13. The van der Waals surface area contributed by atoms with Crippen molar-refractivity contribution in [2.45, 2.75) is 121 Å². The molecule has 0 aromatic rings. The molecule has 0 aliphatic carbocycles. The average molecular weight is 483 g/mol. The maximum absolute atomic E-state index is 11.6. The third kappa shape index (κ3) is 20.4. The molecular weight excluding hydrogens is 439 g/mol. The quantitative estimate of drug-likeness (QED) is 0.0587. The second-order valence-corrected chi connectivity index (χ2v) is 10.1. The van der Waals surface area contributed by atoms with E-state index in [4.69, 9.17) is 4.74 Å². The Labute approximate surface area is 218 Å². The minimum Gasteiger partial charge on any atom is -0.748 e. The molecule has 32 heavy (non-hydrogen) atoms. The first-order valence-electron chi connectivity index (χ1n) is 12.1. The summed E-state index contributed by atoms with van der Waals surface area (Å²) in [5.74, 6) is -0.731. The van der Waals surface area contributed by atoms with Crippen molar-refractivity contribution in [1.29, 1.82) is 0 Å². The van der Waals surface area contributed by atoms with Gasteiger partial charge in [-0.15, -0.1) is 0 Å². The van der Waals surface area contributed by atoms with Gasteiger partial charge in [-0.3, -0.25) is 0 Å². The predicted octanol–water partition coefficient (Wildman–Crippen LogP) is 2.85. The third-order valence-corrected chi connectivity index (χ3v) is 6.87. The van der Waals surface area contributed by atoms with E-state index in [1.807, 2.05) is 0 Å². The Kier molecular flexibility index (Phi) is 24.0. The van der Waals surface area contributed by atoms with E-state index in [0.717, 1.165) is 19.3 Å². The summed E-state index contributed by atoms with van der Waals surface area (Å²) in [6.07, 6.45) is 17.6. The van der Waals surface area contributed by atoms with Crippen LogP contribution in [0.15, 0.2) is 12.2 Å². The molecule has 0 spiro atoms. The Morgan fingerprint density at radius 1 is 0.875 bits per heavy atom. The normalized spacial score (nSPS) is 12.1. The van der Waals surface area contributed by atoms with Crippen molar-refractivity contribution in [1.82, 2.24) is 0 Å². The molecule has 0 bridgehead atoms. The Morgan fingerprint density at radius 2 is 1.31 bits per heavy atom. The summed E-state index contributed by atoms with van der Waals surface area (Å²) >= 11 is 0. The van der Waals surface area contributed by atoms with E-state index in [1.165, 1.54) is 64.2 Å². The maximum Gasteiger partial charge on any atom is 1.00 e. The van der Waals surface area contributed by atoms with Gasteiger partial charge in [0.2, 0.25) is 0 Å². The van der Waals surface area contributed by atoms with Gasteiger partial charge in [-0.2, -0.15) is 0 Å². The fraction of sp³-hybridized carbons (Fsp3) is 0.833. The first-order chi connectivity index (χ1) is 14.8. The first kappa shape index (κ1) is 34.0. The molecule has 0 saturated heterocycles. The minimum atomic E-state index is -4.43. The fourth-order valence-electron chi connectivity index (χ4n) is 3.57. The smallest absolute Gasteiger partial charge is 0.748 e. The topological polar surface area (TPSA) is 101 Å². The average Bonchev–Trinajstić information content (AvgIpc) is 2.71. The van der Waals surface area contributed by atoms with Gasteiger partial charge in [0.25, 0.3) is 0 Å². The molecule has 0 aliphatic heterocycles. The van der Waals surface area contributed by atoms with Gasteiger partial charge in [-0.25, -0.2) is 13.2 Å². The number of hydrogen-bond acceptors (Lipinski definition) is 6. The minimum absolute atomic E-state index is 0. The molecule has 0 N–H and O–H groups in total. The van der Waals surface area contributed by atoms with Gasteiger partial charge < -0.3 is 14.1 Å². The van der Waals surface area contributed by atoms with Crippen LogP contribution in [0.25, 0.3) is 0 Å². The van der Waals surface area contributed by atoms with Crippen LogP contribution < -0.4 is 29.6 Å². The summed E-state index contributed by atoms with van der Waals surface area (Å²) < 4.78 is 39.3. The largest absolute Gasteiger partial charge is 1.00 e. The van der Waals surface area contributed by atoms with Crippen LogP contribution >= 0.6 is 0 Å². The number of ether oxygens (including phenoxy) is 1. The van der Waals surface area contributed by atoms with Crippen LogP contribution in [0.1, 0.15) is 116 Å². The van der Waals surface area contributed by atoms with E-state index in [2.05, 4.69) is 13.5 Å². The number of rotatable bonds is 22. The van der Waals surface area contributed by atoms with Crippen LogP contribution in [0.3, 0.4) is 0 Å². The molecule has 1 unspecified atom stereocenters. The predicted molar refractivity (Wildman–Crippen MR) is 124 cm³/mol. The van der Waals surface area contributed by atoms with Gasteiger partial charge in [-0.05, 0) is 12.8 Å². The zero-order chi connectivity index (χ0) is 23.4. The van der Waals surface area contributed by atoms with Crippen molar-refractivity contribution in [3.8, 4) is 0 Å². The summed E-state index contributed by atoms with van der Waals surface area (Å²) in [7, 11) is -4.43. The molecule has 6 nitrogen and oxygen atoms in total. The molecule has 8 heteroatoms. The summed E-state index contributed by atoms with van der Waals surface area (Å²) in [5.41, 5.74) is 0.0171. The molecule has 1 atom stereocenters. The van der Waals surface area contributed by atoms with Crippen LogP contribution in [0.4, 0.5) is 0 Å². The number of hydrogen-bond donors (Lipinski definition) is 0. The van der Waals surface area contributed by atoms with Gasteiger partial charge in [0.05, 0.1) is 22.0 Å². The van der Waals surface area contributed by atoms with E-state index in [1.54, 1.807) is 0 Å². The van der Waals surface area contributed by atoms with Gasteiger partial charge in [-0.1, -0.05) is 103 Å². The molecule has 0 aliphatic rings.